The summed E-state index contributed by atoms with van der Waals surface area (Å²) in [5.74, 6) is 0.198. The molecule has 1 heterocycles. The molecule has 0 spiro atoms. The Kier molecular flexibility index (Phi) is 7.79. The van der Waals surface area contributed by atoms with Gasteiger partial charge in [-0.1, -0.05) is 6.07 Å². The van der Waals surface area contributed by atoms with Gasteiger partial charge in [-0.25, -0.2) is 0 Å². The standard InChI is InChI=1S/C18H26F3N3OS/c1-13-3-4-15(11-14(13)2)26-10-5-17(25)23-12-16(18(19,20)21)24-8-6-22-7-9-24/h3-4,11,16,22H,5-10,12H2,1-2H3,(H,23,25). The van der Waals surface area contributed by atoms with Crippen LogP contribution in [0.4, 0.5) is 13.2 Å². The number of halogens is 3. The third-order valence-electron chi connectivity index (χ3n) is 4.54. The monoisotopic (exact) mass is 389 g/mol. The Morgan fingerprint density at radius 1 is 1.27 bits per heavy atom. The predicted octanol–water partition coefficient (Wildman–Crippen LogP) is 2.74. The Labute approximate surface area is 156 Å². The summed E-state index contributed by atoms with van der Waals surface area (Å²) in [6.07, 6.45) is -4.15. The van der Waals surface area contributed by atoms with Crippen molar-refractivity contribution in [2.24, 2.45) is 0 Å². The number of hydrogen-bond acceptors (Lipinski definition) is 4. The highest BCUT2D eigenvalue weighted by Crippen LogP contribution is 2.25. The number of aryl methyl sites for hydroxylation is 2. The fraction of sp³-hybridized carbons (Fsp3) is 0.611. The third-order valence-corrected chi connectivity index (χ3v) is 5.53. The molecule has 26 heavy (non-hydrogen) atoms. The van der Waals surface area contributed by atoms with Crippen LogP contribution in [0.25, 0.3) is 0 Å². The number of nitrogens with zero attached hydrogens (tertiary/aromatic N) is 1. The van der Waals surface area contributed by atoms with E-state index >= 15 is 0 Å². The van der Waals surface area contributed by atoms with Crippen molar-refractivity contribution < 1.29 is 18.0 Å². The minimum absolute atomic E-state index is 0.198. The zero-order valence-corrected chi connectivity index (χ0v) is 16.0. The summed E-state index contributed by atoms with van der Waals surface area (Å²) in [5.41, 5.74) is 2.39. The van der Waals surface area contributed by atoms with E-state index in [0.717, 1.165) is 4.90 Å². The molecule has 2 N–H and O–H groups in total. The van der Waals surface area contributed by atoms with Crippen LogP contribution in [0.3, 0.4) is 0 Å². The minimum atomic E-state index is -4.35. The maximum absolute atomic E-state index is 13.3. The van der Waals surface area contributed by atoms with E-state index in [1.165, 1.54) is 27.8 Å². The van der Waals surface area contributed by atoms with Gasteiger partial charge in [0.15, 0.2) is 0 Å². The van der Waals surface area contributed by atoms with Gasteiger partial charge in [0.05, 0.1) is 0 Å². The summed E-state index contributed by atoms with van der Waals surface area (Å²) in [7, 11) is 0. The van der Waals surface area contributed by atoms with Crippen LogP contribution in [0.1, 0.15) is 17.5 Å². The highest BCUT2D eigenvalue weighted by atomic mass is 32.2. The fourth-order valence-corrected chi connectivity index (χ4v) is 3.76. The van der Waals surface area contributed by atoms with Crippen LogP contribution in [0, 0.1) is 13.8 Å². The summed E-state index contributed by atoms with van der Waals surface area (Å²) in [5, 5.41) is 5.50. The zero-order chi connectivity index (χ0) is 19.2. The number of rotatable bonds is 7. The van der Waals surface area contributed by atoms with Crippen LogP contribution in [0.15, 0.2) is 23.1 Å². The van der Waals surface area contributed by atoms with Gasteiger partial charge < -0.3 is 10.6 Å². The average Bonchev–Trinajstić information content (AvgIpc) is 2.58. The molecule has 1 amide bonds. The van der Waals surface area contributed by atoms with Gasteiger partial charge in [-0.3, -0.25) is 9.69 Å². The van der Waals surface area contributed by atoms with Crippen molar-refractivity contribution in [2.45, 2.75) is 37.4 Å². The maximum atomic E-state index is 13.3. The Morgan fingerprint density at radius 3 is 2.58 bits per heavy atom. The van der Waals surface area contributed by atoms with E-state index in [4.69, 9.17) is 0 Å². The number of alkyl halides is 3. The molecule has 0 radical (unpaired) electrons. The maximum Gasteiger partial charge on any atom is 0.405 e. The van der Waals surface area contributed by atoms with Crippen molar-refractivity contribution in [3.05, 3.63) is 29.3 Å². The highest BCUT2D eigenvalue weighted by Gasteiger charge is 2.43. The summed E-state index contributed by atoms with van der Waals surface area (Å²) in [6.45, 7) is 5.41. The second-order valence-electron chi connectivity index (χ2n) is 6.49. The molecule has 2 rings (SSSR count). The number of nitrogens with one attached hydrogen (secondary N) is 2. The highest BCUT2D eigenvalue weighted by molar-refractivity contribution is 7.99. The van der Waals surface area contributed by atoms with E-state index in [1.54, 1.807) is 0 Å². The van der Waals surface area contributed by atoms with Gasteiger partial charge in [0, 0.05) is 49.8 Å². The van der Waals surface area contributed by atoms with Crippen molar-refractivity contribution in [3.63, 3.8) is 0 Å². The number of carbonyl (C=O) groups excluding carboxylic acids is 1. The summed E-state index contributed by atoms with van der Waals surface area (Å²) >= 11 is 1.54. The SMILES string of the molecule is Cc1ccc(SCCC(=O)NCC(N2CCNCC2)C(F)(F)F)cc1C. The first-order chi connectivity index (χ1) is 12.3. The van der Waals surface area contributed by atoms with Gasteiger partial charge >= 0.3 is 6.18 Å². The van der Waals surface area contributed by atoms with E-state index < -0.39 is 18.8 Å². The van der Waals surface area contributed by atoms with E-state index in [9.17, 15) is 18.0 Å². The van der Waals surface area contributed by atoms with E-state index in [2.05, 4.69) is 16.7 Å². The number of amides is 1. The van der Waals surface area contributed by atoms with Crippen LogP contribution < -0.4 is 10.6 Å². The molecule has 1 aliphatic rings. The number of thioether (sulfide) groups is 1. The molecule has 146 valence electrons. The van der Waals surface area contributed by atoms with Crippen LogP contribution in [0.2, 0.25) is 0 Å². The fourth-order valence-electron chi connectivity index (χ4n) is 2.81. The van der Waals surface area contributed by atoms with Crippen LogP contribution in [0.5, 0.6) is 0 Å². The number of carbonyl (C=O) groups is 1. The smallest absolute Gasteiger partial charge is 0.354 e. The first-order valence-corrected chi connectivity index (χ1v) is 9.74. The van der Waals surface area contributed by atoms with Gasteiger partial charge in [-0.15, -0.1) is 11.8 Å². The Hall–Kier alpha value is -1.25. The Bertz CT molecular complexity index is 604. The average molecular weight is 389 g/mol. The van der Waals surface area contributed by atoms with Crippen molar-refractivity contribution in [1.82, 2.24) is 15.5 Å². The Morgan fingerprint density at radius 2 is 1.96 bits per heavy atom. The third kappa shape index (κ3) is 6.48. The molecule has 1 saturated heterocycles. The number of piperazine rings is 1. The van der Waals surface area contributed by atoms with Crippen LogP contribution in [-0.4, -0.2) is 61.5 Å². The van der Waals surface area contributed by atoms with Crippen molar-refractivity contribution in [2.75, 3.05) is 38.5 Å². The van der Waals surface area contributed by atoms with E-state index in [0.29, 0.717) is 31.9 Å². The van der Waals surface area contributed by atoms with Gasteiger partial charge in [0.25, 0.3) is 0 Å². The normalized spacial score (nSPS) is 17.1. The number of benzene rings is 1. The van der Waals surface area contributed by atoms with Gasteiger partial charge in [-0.2, -0.15) is 13.2 Å². The minimum Gasteiger partial charge on any atom is -0.354 e. The summed E-state index contributed by atoms with van der Waals surface area (Å²) in [6, 6.07) is 4.46. The molecular formula is C18H26F3N3OS. The van der Waals surface area contributed by atoms with Crippen molar-refractivity contribution in [1.29, 1.82) is 0 Å². The molecule has 0 aliphatic carbocycles. The topological polar surface area (TPSA) is 44.4 Å². The molecule has 1 atom stereocenters. The molecule has 1 unspecified atom stereocenters. The second kappa shape index (κ2) is 9.62. The molecular weight excluding hydrogens is 363 g/mol. The molecule has 0 saturated carbocycles. The molecule has 4 nitrogen and oxygen atoms in total. The quantitative estimate of drug-likeness (QED) is 0.704. The van der Waals surface area contributed by atoms with Gasteiger partial charge in [0.1, 0.15) is 6.04 Å². The molecule has 1 aromatic rings. The first kappa shape index (κ1) is 21.1. The second-order valence-corrected chi connectivity index (χ2v) is 7.66. The Balaban J connectivity index is 1.77. The van der Waals surface area contributed by atoms with Crippen molar-refractivity contribution >= 4 is 17.7 Å². The zero-order valence-electron chi connectivity index (χ0n) is 15.2. The lowest BCUT2D eigenvalue weighted by molar-refractivity contribution is -0.184. The lowest BCUT2D eigenvalue weighted by Gasteiger charge is -2.35. The first-order valence-electron chi connectivity index (χ1n) is 8.75. The van der Waals surface area contributed by atoms with Gasteiger partial charge in [-0.05, 0) is 37.1 Å². The molecule has 0 aromatic heterocycles. The summed E-state index contributed by atoms with van der Waals surface area (Å²) < 4.78 is 39.8. The van der Waals surface area contributed by atoms with E-state index in [1.807, 2.05) is 26.0 Å². The lowest BCUT2D eigenvalue weighted by atomic mass is 10.1. The lowest BCUT2D eigenvalue weighted by Crippen LogP contribution is -2.57. The molecule has 8 heteroatoms. The van der Waals surface area contributed by atoms with Crippen LogP contribution in [-0.2, 0) is 4.79 Å². The molecule has 1 fully saturated rings. The van der Waals surface area contributed by atoms with Gasteiger partial charge in [0.2, 0.25) is 5.91 Å². The van der Waals surface area contributed by atoms with Crippen molar-refractivity contribution in [3.8, 4) is 0 Å². The molecule has 1 aliphatic heterocycles. The summed E-state index contributed by atoms with van der Waals surface area (Å²) in [4.78, 5) is 14.4. The molecule has 0 bridgehead atoms. The number of hydrogen-bond donors (Lipinski definition) is 2. The van der Waals surface area contributed by atoms with E-state index in [-0.39, 0.29) is 12.3 Å². The van der Waals surface area contributed by atoms with Crippen LogP contribution >= 0.6 is 11.8 Å². The predicted molar refractivity (Wildman–Crippen MR) is 98.6 cm³/mol. The largest absolute Gasteiger partial charge is 0.405 e. The molecule has 1 aromatic carbocycles.